The zero-order chi connectivity index (χ0) is 21.5. The summed E-state index contributed by atoms with van der Waals surface area (Å²) in [5.74, 6) is 2.94. The van der Waals surface area contributed by atoms with Gasteiger partial charge in [-0.3, -0.25) is 9.78 Å². The molecule has 5 rings (SSSR count). The van der Waals surface area contributed by atoms with E-state index < -0.39 is 0 Å². The van der Waals surface area contributed by atoms with Crippen molar-refractivity contribution in [1.82, 2.24) is 20.5 Å². The fourth-order valence-corrected chi connectivity index (χ4v) is 5.65. The van der Waals surface area contributed by atoms with E-state index >= 15 is 0 Å². The maximum Gasteiger partial charge on any atom is 0.150 e. The molecule has 2 aromatic rings. The van der Waals surface area contributed by atoms with Crippen LogP contribution >= 0.6 is 0 Å². The van der Waals surface area contributed by atoms with E-state index in [1.807, 2.05) is 24.3 Å². The minimum Gasteiger partial charge on any atom is -0.317 e. The first-order valence-corrected chi connectivity index (χ1v) is 12.2. The summed E-state index contributed by atoms with van der Waals surface area (Å²) < 4.78 is 0. The van der Waals surface area contributed by atoms with Crippen LogP contribution in [0.4, 0.5) is 0 Å². The third kappa shape index (κ3) is 5.91. The molecule has 3 heterocycles. The maximum atomic E-state index is 10.6. The molecule has 0 amide bonds. The van der Waals surface area contributed by atoms with E-state index in [1.54, 1.807) is 12.3 Å². The van der Waals surface area contributed by atoms with Crippen molar-refractivity contribution in [3.63, 3.8) is 0 Å². The highest BCUT2D eigenvalue weighted by Gasteiger charge is 2.32. The Bertz CT molecular complexity index is 828. The summed E-state index contributed by atoms with van der Waals surface area (Å²) in [6.45, 7) is 6.64. The van der Waals surface area contributed by atoms with Crippen LogP contribution in [0.1, 0.15) is 48.9 Å². The standard InChI is InChI=1S/C16H31N3.C10H7NO/c1-17-16-4-2-13(3-5-16)6-8-19-9-7-14-10-18-11-15(14)12-19;12-7-8-3-1-5-10-9(8)4-2-6-11-10/h13-18H,2-12H2,1H3;1-7H/t13?,14-,15+,16?;/m0./s1. The molecule has 2 aliphatic heterocycles. The quantitative estimate of drug-likeness (QED) is 0.719. The first-order valence-electron chi connectivity index (χ1n) is 12.2. The number of carbonyl (C=O) groups is 1. The average Bonchev–Trinajstić information content (AvgIpc) is 3.31. The smallest absolute Gasteiger partial charge is 0.150 e. The Labute approximate surface area is 187 Å². The number of nitrogens with one attached hydrogen (secondary N) is 2. The molecule has 1 aromatic heterocycles. The summed E-state index contributed by atoms with van der Waals surface area (Å²) in [6.07, 6.45) is 11.2. The normalized spacial score (nSPS) is 28.5. The van der Waals surface area contributed by atoms with Crippen LogP contribution in [0, 0.1) is 17.8 Å². The first kappa shape index (κ1) is 22.4. The topological polar surface area (TPSA) is 57.3 Å². The Kier molecular flexibility index (Phi) is 8.06. The summed E-state index contributed by atoms with van der Waals surface area (Å²) in [6, 6.07) is 10.0. The molecule has 2 saturated heterocycles. The number of pyridine rings is 1. The Hall–Kier alpha value is -1.82. The Balaban J connectivity index is 0.000000166. The lowest BCUT2D eigenvalue weighted by atomic mass is 9.83. The second-order valence-corrected chi connectivity index (χ2v) is 9.60. The lowest BCUT2D eigenvalue weighted by Gasteiger charge is -2.36. The van der Waals surface area contributed by atoms with E-state index in [9.17, 15) is 4.79 Å². The molecule has 2 atom stereocenters. The van der Waals surface area contributed by atoms with E-state index in [1.165, 1.54) is 71.2 Å². The van der Waals surface area contributed by atoms with Gasteiger partial charge in [0.15, 0.2) is 6.29 Å². The number of hydrogen-bond acceptors (Lipinski definition) is 5. The minimum atomic E-state index is 0.695. The van der Waals surface area contributed by atoms with E-state index in [2.05, 4.69) is 27.6 Å². The number of benzene rings is 1. The minimum absolute atomic E-state index is 0.695. The summed E-state index contributed by atoms with van der Waals surface area (Å²) in [5, 5.41) is 7.92. The van der Waals surface area contributed by atoms with Crippen molar-refractivity contribution in [3.8, 4) is 0 Å². The van der Waals surface area contributed by atoms with Crippen LogP contribution < -0.4 is 10.6 Å². The summed E-state index contributed by atoms with van der Waals surface area (Å²) in [4.78, 5) is 17.5. The highest BCUT2D eigenvalue weighted by molar-refractivity contribution is 5.96. The Morgan fingerprint density at radius 2 is 1.94 bits per heavy atom. The molecule has 5 heteroatoms. The van der Waals surface area contributed by atoms with Gasteiger partial charge in [-0.15, -0.1) is 0 Å². The molecule has 3 fully saturated rings. The molecule has 1 saturated carbocycles. The fourth-order valence-electron chi connectivity index (χ4n) is 5.65. The van der Waals surface area contributed by atoms with E-state index in [0.717, 1.165) is 41.0 Å². The van der Waals surface area contributed by atoms with Gasteiger partial charge in [-0.05, 0) is 102 Å². The lowest BCUT2D eigenvalue weighted by Crippen LogP contribution is -2.41. The monoisotopic (exact) mass is 422 g/mol. The molecular weight excluding hydrogens is 384 g/mol. The number of aldehydes is 1. The number of aromatic nitrogens is 1. The molecule has 3 aliphatic rings. The third-order valence-electron chi connectivity index (χ3n) is 7.70. The molecule has 31 heavy (non-hydrogen) atoms. The molecule has 2 N–H and O–H groups in total. The number of nitrogens with zero attached hydrogens (tertiary/aromatic N) is 2. The molecule has 0 radical (unpaired) electrons. The van der Waals surface area contributed by atoms with Gasteiger partial charge >= 0.3 is 0 Å². The predicted molar refractivity (Wildman–Crippen MR) is 127 cm³/mol. The zero-order valence-electron chi connectivity index (χ0n) is 18.9. The van der Waals surface area contributed by atoms with Gasteiger partial charge in [-0.25, -0.2) is 0 Å². The molecular formula is C26H38N4O. The maximum absolute atomic E-state index is 10.6. The fraction of sp³-hybridized carbons (Fsp3) is 0.615. The van der Waals surface area contributed by atoms with Gasteiger partial charge in [0.1, 0.15) is 0 Å². The highest BCUT2D eigenvalue weighted by atomic mass is 16.1. The van der Waals surface area contributed by atoms with Gasteiger partial charge in [0.2, 0.25) is 0 Å². The van der Waals surface area contributed by atoms with Crippen molar-refractivity contribution in [3.05, 3.63) is 42.1 Å². The van der Waals surface area contributed by atoms with Crippen molar-refractivity contribution < 1.29 is 4.79 Å². The van der Waals surface area contributed by atoms with E-state index in [4.69, 9.17) is 0 Å². The molecule has 1 aliphatic carbocycles. The van der Waals surface area contributed by atoms with Crippen molar-refractivity contribution in [2.45, 2.75) is 44.6 Å². The zero-order valence-corrected chi connectivity index (χ0v) is 18.9. The Morgan fingerprint density at radius 1 is 1.10 bits per heavy atom. The van der Waals surface area contributed by atoms with Crippen LogP contribution in [0.25, 0.3) is 10.9 Å². The molecule has 168 valence electrons. The van der Waals surface area contributed by atoms with Crippen molar-refractivity contribution in [2.75, 3.05) is 39.8 Å². The number of hydrogen-bond donors (Lipinski definition) is 2. The second-order valence-electron chi connectivity index (χ2n) is 9.60. The van der Waals surface area contributed by atoms with Crippen molar-refractivity contribution >= 4 is 17.2 Å². The van der Waals surface area contributed by atoms with Gasteiger partial charge in [0.25, 0.3) is 0 Å². The predicted octanol–water partition coefficient (Wildman–Crippen LogP) is 3.74. The van der Waals surface area contributed by atoms with Crippen LogP contribution in [0.2, 0.25) is 0 Å². The lowest BCUT2D eigenvalue weighted by molar-refractivity contribution is 0.112. The summed E-state index contributed by atoms with van der Waals surface area (Å²) >= 11 is 0. The van der Waals surface area contributed by atoms with Crippen LogP contribution in [0.3, 0.4) is 0 Å². The number of carbonyl (C=O) groups excluding carboxylic acids is 1. The SMILES string of the molecule is CNC1CCC(CCN2CC[C@H]3CNC[C@@H]3C2)CC1.O=Cc1cccc2ncccc12. The number of fused-ring (bicyclic) bond motifs is 2. The summed E-state index contributed by atoms with van der Waals surface area (Å²) in [5.41, 5.74) is 1.56. The average molecular weight is 423 g/mol. The van der Waals surface area contributed by atoms with Crippen molar-refractivity contribution in [1.29, 1.82) is 0 Å². The van der Waals surface area contributed by atoms with Crippen LogP contribution in [0.15, 0.2) is 36.5 Å². The number of piperidine rings is 1. The molecule has 0 spiro atoms. The molecule has 0 unspecified atom stereocenters. The second kappa shape index (κ2) is 11.2. The van der Waals surface area contributed by atoms with E-state index in [0.29, 0.717) is 5.56 Å². The summed E-state index contributed by atoms with van der Waals surface area (Å²) in [7, 11) is 2.12. The van der Waals surface area contributed by atoms with E-state index in [-0.39, 0.29) is 0 Å². The van der Waals surface area contributed by atoms with Gasteiger partial charge < -0.3 is 15.5 Å². The van der Waals surface area contributed by atoms with Gasteiger partial charge in [-0.2, -0.15) is 0 Å². The van der Waals surface area contributed by atoms with Crippen LogP contribution in [-0.4, -0.2) is 62.0 Å². The largest absolute Gasteiger partial charge is 0.317 e. The van der Waals surface area contributed by atoms with Crippen molar-refractivity contribution in [2.24, 2.45) is 17.8 Å². The van der Waals surface area contributed by atoms with Gasteiger partial charge in [0.05, 0.1) is 5.52 Å². The van der Waals surface area contributed by atoms with Gasteiger partial charge in [0, 0.05) is 29.7 Å². The van der Waals surface area contributed by atoms with Gasteiger partial charge in [-0.1, -0.05) is 18.2 Å². The molecule has 0 bridgehead atoms. The third-order valence-corrected chi connectivity index (χ3v) is 7.70. The number of rotatable bonds is 5. The molecule has 5 nitrogen and oxygen atoms in total. The number of likely N-dealkylation sites (tertiary alicyclic amines) is 1. The highest BCUT2D eigenvalue weighted by Crippen LogP contribution is 2.29. The Morgan fingerprint density at radius 3 is 2.74 bits per heavy atom. The van der Waals surface area contributed by atoms with Crippen LogP contribution in [-0.2, 0) is 0 Å². The van der Waals surface area contributed by atoms with Crippen LogP contribution in [0.5, 0.6) is 0 Å². The molecule has 1 aromatic carbocycles. The first-order chi connectivity index (χ1) is 15.3.